The second-order valence-electron chi connectivity index (χ2n) is 6.83. The Labute approximate surface area is 194 Å². The first kappa shape index (κ1) is 21.6. The zero-order valence-corrected chi connectivity index (χ0v) is 18.3. The molecule has 160 valence electrons. The Morgan fingerprint density at radius 2 is 1.81 bits per heavy atom. The summed E-state index contributed by atoms with van der Waals surface area (Å²) in [7, 11) is 0. The maximum absolute atomic E-state index is 12.3. The molecule has 4 rings (SSSR count). The van der Waals surface area contributed by atoms with Gasteiger partial charge in [0.1, 0.15) is 18.1 Å². The average molecular weight is 465 g/mol. The van der Waals surface area contributed by atoms with Crippen molar-refractivity contribution in [2.45, 2.75) is 6.61 Å². The Morgan fingerprint density at radius 3 is 2.56 bits per heavy atom. The zero-order chi connectivity index (χ0) is 22.3. The molecule has 8 heteroatoms. The van der Waals surface area contributed by atoms with Crippen LogP contribution in [0.3, 0.4) is 0 Å². The quantitative estimate of drug-likeness (QED) is 0.270. The van der Waals surface area contributed by atoms with Crippen LogP contribution < -0.4 is 10.2 Å². The Morgan fingerprint density at radius 1 is 1.03 bits per heavy atom. The fraction of sp³-hybridized carbons (Fsp3) is 0.0417. The van der Waals surface area contributed by atoms with Crippen molar-refractivity contribution in [2.24, 2.45) is 5.10 Å². The van der Waals surface area contributed by atoms with Crippen LogP contribution in [0.25, 0.3) is 11.3 Å². The van der Waals surface area contributed by atoms with Gasteiger partial charge in [-0.05, 0) is 48.0 Å². The number of ether oxygens (including phenoxy) is 1. The van der Waals surface area contributed by atoms with Gasteiger partial charge in [-0.1, -0.05) is 59.6 Å². The van der Waals surface area contributed by atoms with Crippen molar-refractivity contribution in [2.75, 3.05) is 0 Å². The van der Waals surface area contributed by atoms with E-state index in [-0.39, 0.29) is 5.69 Å². The number of H-pyrrole nitrogens is 1. The predicted molar refractivity (Wildman–Crippen MR) is 126 cm³/mol. The number of halogens is 2. The molecule has 0 unspecified atom stereocenters. The normalized spacial score (nSPS) is 10.9. The van der Waals surface area contributed by atoms with Gasteiger partial charge in [-0.15, -0.1) is 0 Å². The Bertz CT molecular complexity index is 1240. The van der Waals surface area contributed by atoms with Gasteiger partial charge in [0.15, 0.2) is 0 Å². The van der Waals surface area contributed by atoms with Crippen LogP contribution in [0.2, 0.25) is 10.0 Å². The van der Waals surface area contributed by atoms with Crippen molar-refractivity contribution < 1.29 is 9.53 Å². The Balaban J connectivity index is 1.35. The van der Waals surface area contributed by atoms with Gasteiger partial charge in [0.2, 0.25) is 0 Å². The molecule has 2 N–H and O–H groups in total. The lowest BCUT2D eigenvalue weighted by Gasteiger charge is -2.06. The summed E-state index contributed by atoms with van der Waals surface area (Å²) in [4.78, 5) is 12.3. The fourth-order valence-corrected chi connectivity index (χ4v) is 3.33. The molecule has 0 saturated heterocycles. The van der Waals surface area contributed by atoms with E-state index in [1.54, 1.807) is 24.3 Å². The minimum absolute atomic E-state index is 0.281. The van der Waals surface area contributed by atoms with Crippen molar-refractivity contribution in [3.05, 3.63) is 106 Å². The molecule has 1 amide bonds. The lowest BCUT2D eigenvalue weighted by molar-refractivity contribution is 0.0950. The zero-order valence-electron chi connectivity index (χ0n) is 16.8. The largest absolute Gasteiger partial charge is 0.489 e. The smallest absolute Gasteiger partial charge is 0.289 e. The van der Waals surface area contributed by atoms with Crippen LogP contribution in [0.1, 0.15) is 21.6 Å². The van der Waals surface area contributed by atoms with E-state index in [2.05, 4.69) is 20.7 Å². The van der Waals surface area contributed by atoms with E-state index in [0.29, 0.717) is 27.9 Å². The summed E-state index contributed by atoms with van der Waals surface area (Å²) >= 11 is 11.9. The molecule has 0 aliphatic carbocycles. The number of hydrogen-bond acceptors (Lipinski definition) is 4. The molecule has 0 radical (unpaired) electrons. The van der Waals surface area contributed by atoms with Gasteiger partial charge < -0.3 is 4.74 Å². The molecule has 1 heterocycles. The van der Waals surface area contributed by atoms with Crippen molar-refractivity contribution >= 4 is 35.3 Å². The molecule has 0 aliphatic rings. The number of nitrogens with zero attached hydrogens (tertiary/aromatic N) is 2. The first-order valence-electron chi connectivity index (χ1n) is 9.69. The number of benzene rings is 3. The molecular weight excluding hydrogens is 447 g/mol. The highest BCUT2D eigenvalue weighted by Gasteiger charge is 2.11. The molecular formula is C24H18Cl2N4O2. The molecule has 0 fully saturated rings. The Hall–Kier alpha value is -3.61. The molecule has 0 saturated carbocycles. The van der Waals surface area contributed by atoms with Crippen LogP contribution in [0.5, 0.6) is 5.75 Å². The van der Waals surface area contributed by atoms with Gasteiger partial charge in [0.05, 0.1) is 16.9 Å². The maximum Gasteiger partial charge on any atom is 0.289 e. The monoisotopic (exact) mass is 464 g/mol. The molecule has 6 nitrogen and oxygen atoms in total. The SMILES string of the molecule is O=C(N/N=C/c1ccc(Cl)cc1Cl)c1cc(-c2ccc(OCc3ccccc3)cc2)n[nH]1. The van der Waals surface area contributed by atoms with E-state index in [1.165, 1.54) is 6.21 Å². The summed E-state index contributed by atoms with van der Waals surface area (Å²) in [5, 5.41) is 11.8. The van der Waals surface area contributed by atoms with Gasteiger partial charge >= 0.3 is 0 Å². The van der Waals surface area contributed by atoms with E-state index in [4.69, 9.17) is 27.9 Å². The minimum Gasteiger partial charge on any atom is -0.489 e. The molecule has 32 heavy (non-hydrogen) atoms. The molecule has 4 aromatic rings. The second-order valence-corrected chi connectivity index (χ2v) is 7.67. The van der Waals surface area contributed by atoms with E-state index >= 15 is 0 Å². The molecule has 3 aromatic carbocycles. The molecule has 0 atom stereocenters. The highest BCUT2D eigenvalue weighted by Crippen LogP contribution is 2.22. The summed E-state index contributed by atoms with van der Waals surface area (Å²) in [6.45, 7) is 0.495. The third-order valence-corrected chi connectivity index (χ3v) is 5.12. The topological polar surface area (TPSA) is 79.4 Å². The van der Waals surface area contributed by atoms with Crippen LogP contribution in [0.15, 0.2) is 84.0 Å². The van der Waals surface area contributed by atoms with Crippen LogP contribution in [0.4, 0.5) is 0 Å². The van der Waals surface area contributed by atoms with Crippen LogP contribution in [0, 0.1) is 0 Å². The number of carbonyl (C=O) groups excluding carboxylic acids is 1. The number of hydrazone groups is 1. The maximum atomic E-state index is 12.3. The van der Waals surface area contributed by atoms with Crippen molar-refractivity contribution in [1.29, 1.82) is 0 Å². The van der Waals surface area contributed by atoms with Crippen molar-refractivity contribution in [1.82, 2.24) is 15.6 Å². The average Bonchev–Trinajstić information content (AvgIpc) is 3.31. The molecule has 0 aliphatic heterocycles. The highest BCUT2D eigenvalue weighted by atomic mass is 35.5. The number of carbonyl (C=O) groups is 1. The number of nitrogens with one attached hydrogen (secondary N) is 2. The summed E-state index contributed by atoms with van der Waals surface area (Å²) in [5.41, 5.74) is 5.94. The van der Waals surface area contributed by atoms with E-state index in [9.17, 15) is 4.79 Å². The van der Waals surface area contributed by atoms with Crippen molar-refractivity contribution in [3.63, 3.8) is 0 Å². The van der Waals surface area contributed by atoms with Gasteiger partial charge in [-0.2, -0.15) is 10.2 Å². The van der Waals surface area contributed by atoms with Gasteiger partial charge in [-0.3, -0.25) is 9.89 Å². The standard InChI is InChI=1S/C24H18Cl2N4O2/c25-19-9-6-18(21(26)12-19)14-27-30-24(31)23-13-22(28-29-23)17-7-10-20(11-8-17)32-15-16-4-2-1-3-5-16/h1-14H,15H2,(H,28,29)(H,30,31)/b27-14+. The highest BCUT2D eigenvalue weighted by molar-refractivity contribution is 6.36. The lowest BCUT2D eigenvalue weighted by Crippen LogP contribution is -2.18. The summed E-state index contributed by atoms with van der Waals surface area (Å²) in [6, 6.07) is 24.1. The summed E-state index contributed by atoms with van der Waals surface area (Å²) in [6.07, 6.45) is 1.45. The van der Waals surface area contributed by atoms with E-state index < -0.39 is 5.91 Å². The number of rotatable bonds is 7. The minimum atomic E-state index is -0.423. The molecule has 0 spiro atoms. The van der Waals surface area contributed by atoms with E-state index in [0.717, 1.165) is 16.9 Å². The number of amides is 1. The fourth-order valence-electron chi connectivity index (χ4n) is 2.88. The molecule has 0 bridgehead atoms. The second kappa shape index (κ2) is 10.1. The van der Waals surface area contributed by atoms with Crippen LogP contribution in [-0.2, 0) is 6.61 Å². The lowest BCUT2D eigenvalue weighted by atomic mass is 10.1. The van der Waals surface area contributed by atoms with E-state index in [1.807, 2.05) is 54.6 Å². The first-order chi connectivity index (χ1) is 15.6. The van der Waals surface area contributed by atoms with Crippen LogP contribution in [-0.4, -0.2) is 22.3 Å². The van der Waals surface area contributed by atoms with Crippen molar-refractivity contribution in [3.8, 4) is 17.0 Å². The third-order valence-electron chi connectivity index (χ3n) is 4.55. The summed E-state index contributed by atoms with van der Waals surface area (Å²) < 4.78 is 5.80. The number of aromatic amines is 1. The molecule has 1 aromatic heterocycles. The van der Waals surface area contributed by atoms with Crippen LogP contribution >= 0.6 is 23.2 Å². The Kier molecular flexibility index (Phi) is 6.84. The van der Waals surface area contributed by atoms with Gasteiger partial charge in [0, 0.05) is 16.1 Å². The van der Waals surface area contributed by atoms with Gasteiger partial charge in [0.25, 0.3) is 5.91 Å². The third kappa shape index (κ3) is 5.55. The first-order valence-corrected chi connectivity index (χ1v) is 10.4. The predicted octanol–water partition coefficient (Wildman–Crippen LogP) is 5.73. The summed E-state index contributed by atoms with van der Waals surface area (Å²) in [5.74, 6) is 0.328. The van der Waals surface area contributed by atoms with Gasteiger partial charge in [-0.25, -0.2) is 5.43 Å². The number of aromatic nitrogens is 2. The number of hydrogen-bond donors (Lipinski definition) is 2.